The number of amides is 1. The first-order valence-electron chi connectivity index (χ1n) is 11.3. The van der Waals surface area contributed by atoms with Crippen molar-refractivity contribution in [2.45, 2.75) is 26.7 Å². The van der Waals surface area contributed by atoms with Crippen molar-refractivity contribution < 1.29 is 28.5 Å². The molecule has 37 heavy (non-hydrogen) atoms. The Morgan fingerprint density at radius 2 is 1.86 bits per heavy atom. The molecule has 0 bridgehead atoms. The Balaban J connectivity index is 1.89. The van der Waals surface area contributed by atoms with Crippen LogP contribution in [0.3, 0.4) is 0 Å². The molecule has 1 heterocycles. The quantitative estimate of drug-likeness (QED) is 0.418. The monoisotopic (exact) mass is 545 g/mol. The zero-order valence-corrected chi connectivity index (χ0v) is 21.9. The van der Waals surface area contributed by atoms with Crippen LogP contribution in [-0.4, -0.2) is 31.7 Å². The third kappa shape index (κ3) is 6.47. The van der Waals surface area contributed by atoms with Crippen LogP contribution in [-0.2, 0) is 19.1 Å². The molecule has 0 aliphatic carbocycles. The largest absolute Gasteiger partial charge is 0.490 e. The highest BCUT2D eigenvalue weighted by atomic mass is 35.5. The van der Waals surface area contributed by atoms with Crippen LogP contribution < -0.4 is 20.5 Å². The maximum absolute atomic E-state index is 12.8. The molecule has 0 radical (unpaired) electrons. The van der Waals surface area contributed by atoms with Crippen molar-refractivity contribution in [3.63, 3.8) is 0 Å². The van der Waals surface area contributed by atoms with Crippen LogP contribution in [0.5, 0.6) is 11.5 Å². The lowest BCUT2D eigenvalue weighted by Gasteiger charge is -2.27. The molecule has 2 aromatic rings. The molecule has 9 nitrogen and oxygen atoms in total. The number of hydrogen-bond acceptors (Lipinski definition) is 8. The molecule has 3 rings (SSSR count). The SMILES string of the molecule is CCOC(=O)C1=C(C)OC(N)=C(C#N)C1c1ccc(OCC(=O)Nc2ccc(Cl)cc2Cl)c(OCC)c1. The third-order valence-corrected chi connectivity index (χ3v) is 5.81. The van der Waals surface area contributed by atoms with Gasteiger partial charge in [0.2, 0.25) is 5.88 Å². The average Bonchev–Trinajstić information content (AvgIpc) is 2.85. The molecule has 2 aromatic carbocycles. The summed E-state index contributed by atoms with van der Waals surface area (Å²) in [7, 11) is 0. The lowest BCUT2D eigenvalue weighted by molar-refractivity contribution is -0.139. The van der Waals surface area contributed by atoms with E-state index in [4.69, 9.17) is 47.9 Å². The Kier molecular flexibility index (Phi) is 9.28. The van der Waals surface area contributed by atoms with Crippen LogP contribution in [0.2, 0.25) is 10.0 Å². The van der Waals surface area contributed by atoms with Crippen LogP contribution in [0, 0.1) is 11.3 Å². The summed E-state index contributed by atoms with van der Waals surface area (Å²) < 4.78 is 22.1. The molecule has 0 saturated heterocycles. The van der Waals surface area contributed by atoms with E-state index in [-0.39, 0.29) is 46.8 Å². The Bertz CT molecular complexity index is 1320. The number of esters is 1. The zero-order chi connectivity index (χ0) is 27.1. The zero-order valence-electron chi connectivity index (χ0n) is 20.4. The van der Waals surface area contributed by atoms with Gasteiger partial charge in [-0.05, 0) is 56.7 Å². The van der Waals surface area contributed by atoms with E-state index in [1.165, 1.54) is 6.07 Å². The number of benzene rings is 2. The number of allylic oxidation sites excluding steroid dienone is 2. The number of nitrogens with two attached hydrogens (primary N) is 1. The highest BCUT2D eigenvalue weighted by Gasteiger charge is 2.36. The van der Waals surface area contributed by atoms with Gasteiger partial charge in [-0.15, -0.1) is 0 Å². The van der Waals surface area contributed by atoms with Crippen molar-refractivity contribution in [3.8, 4) is 17.6 Å². The van der Waals surface area contributed by atoms with Gasteiger partial charge < -0.3 is 30.0 Å². The lowest BCUT2D eigenvalue weighted by Crippen LogP contribution is -2.25. The van der Waals surface area contributed by atoms with Gasteiger partial charge in [0.25, 0.3) is 5.91 Å². The first-order valence-corrected chi connectivity index (χ1v) is 12.1. The molecule has 1 aliphatic rings. The number of ether oxygens (including phenoxy) is 4. The molecular weight excluding hydrogens is 521 g/mol. The minimum Gasteiger partial charge on any atom is -0.490 e. The first kappa shape index (κ1) is 27.7. The van der Waals surface area contributed by atoms with Crippen LogP contribution >= 0.6 is 23.2 Å². The summed E-state index contributed by atoms with van der Waals surface area (Å²) in [4.78, 5) is 25.2. The van der Waals surface area contributed by atoms with E-state index in [1.54, 1.807) is 51.1 Å². The van der Waals surface area contributed by atoms with Crippen LogP contribution in [0.1, 0.15) is 32.3 Å². The molecule has 1 unspecified atom stereocenters. The Labute approximate surface area is 224 Å². The molecule has 3 N–H and O–H groups in total. The molecule has 11 heteroatoms. The summed E-state index contributed by atoms with van der Waals surface area (Å²) in [5, 5.41) is 13.2. The fourth-order valence-electron chi connectivity index (χ4n) is 3.70. The number of anilines is 1. The molecule has 0 fully saturated rings. The molecule has 0 spiro atoms. The standard InChI is InChI=1S/C26H25Cl2N3O6/c1-4-34-21-10-15(24-17(12-29)25(30)37-14(3)23(24)26(33)35-5-2)6-9-20(21)36-13-22(32)31-19-8-7-16(27)11-18(19)28/h6-11,24H,4-5,13,30H2,1-3H3,(H,31,32). The Morgan fingerprint density at radius 1 is 1.11 bits per heavy atom. The van der Waals surface area contributed by atoms with Gasteiger partial charge in [0.1, 0.15) is 17.4 Å². The fraction of sp³-hybridized carbons (Fsp3) is 0.269. The summed E-state index contributed by atoms with van der Waals surface area (Å²) in [5.74, 6) is -1.21. The van der Waals surface area contributed by atoms with Crippen molar-refractivity contribution in [1.82, 2.24) is 0 Å². The Morgan fingerprint density at radius 3 is 2.51 bits per heavy atom. The summed E-state index contributed by atoms with van der Waals surface area (Å²) >= 11 is 12.0. The minimum atomic E-state index is -0.846. The second-order valence-electron chi connectivity index (χ2n) is 7.72. The van der Waals surface area contributed by atoms with Crippen molar-refractivity contribution in [3.05, 3.63) is 74.8 Å². The van der Waals surface area contributed by atoms with Crippen LogP contribution in [0.15, 0.2) is 59.2 Å². The van der Waals surface area contributed by atoms with E-state index in [0.29, 0.717) is 28.6 Å². The van der Waals surface area contributed by atoms with Gasteiger partial charge in [-0.1, -0.05) is 29.3 Å². The third-order valence-electron chi connectivity index (χ3n) is 5.27. The molecule has 1 aliphatic heterocycles. The smallest absolute Gasteiger partial charge is 0.338 e. The number of nitrogens with one attached hydrogen (secondary N) is 1. The van der Waals surface area contributed by atoms with Crippen LogP contribution in [0.25, 0.3) is 0 Å². The molecule has 0 saturated carbocycles. The van der Waals surface area contributed by atoms with Gasteiger partial charge in [0, 0.05) is 5.02 Å². The van der Waals surface area contributed by atoms with Gasteiger partial charge in [0.05, 0.1) is 35.4 Å². The minimum absolute atomic E-state index is 0.0593. The molecule has 1 amide bonds. The number of carbonyl (C=O) groups is 2. The van der Waals surface area contributed by atoms with Gasteiger partial charge >= 0.3 is 5.97 Å². The van der Waals surface area contributed by atoms with E-state index in [0.717, 1.165) is 0 Å². The van der Waals surface area contributed by atoms with Crippen molar-refractivity contribution in [2.24, 2.45) is 5.73 Å². The summed E-state index contributed by atoms with van der Waals surface area (Å²) in [6.45, 7) is 5.14. The molecule has 194 valence electrons. The van der Waals surface area contributed by atoms with Crippen molar-refractivity contribution in [1.29, 1.82) is 5.26 Å². The lowest BCUT2D eigenvalue weighted by atomic mass is 9.83. The van der Waals surface area contributed by atoms with Gasteiger partial charge in [-0.3, -0.25) is 4.79 Å². The normalized spacial score (nSPS) is 15.0. The van der Waals surface area contributed by atoms with E-state index in [2.05, 4.69) is 5.32 Å². The van der Waals surface area contributed by atoms with Gasteiger partial charge in [0.15, 0.2) is 18.1 Å². The maximum Gasteiger partial charge on any atom is 0.338 e. The van der Waals surface area contributed by atoms with E-state index in [9.17, 15) is 14.9 Å². The highest BCUT2D eigenvalue weighted by Crippen LogP contribution is 2.42. The van der Waals surface area contributed by atoms with Crippen molar-refractivity contribution in [2.75, 3.05) is 25.1 Å². The number of hydrogen-bond donors (Lipinski definition) is 2. The number of carbonyl (C=O) groups excluding carboxylic acids is 2. The molecule has 0 aromatic heterocycles. The van der Waals surface area contributed by atoms with Crippen LogP contribution in [0.4, 0.5) is 5.69 Å². The number of rotatable bonds is 9. The first-order chi connectivity index (χ1) is 17.7. The average molecular weight is 546 g/mol. The molecular formula is C26H25Cl2N3O6. The number of nitrogens with zero attached hydrogens (tertiary/aromatic N) is 1. The maximum atomic E-state index is 12.8. The van der Waals surface area contributed by atoms with E-state index < -0.39 is 17.8 Å². The van der Waals surface area contributed by atoms with E-state index >= 15 is 0 Å². The van der Waals surface area contributed by atoms with Crippen molar-refractivity contribution >= 4 is 40.8 Å². The van der Waals surface area contributed by atoms with E-state index in [1.807, 2.05) is 6.07 Å². The summed E-state index contributed by atoms with van der Waals surface area (Å²) in [6, 6.07) is 11.6. The van der Waals surface area contributed by atoms with Gasteiger partial charge in [-0.2, -0.15) is 5.26 Å². The second-order valence-corrected chi connectivity index (χ2v) is 8.56. The number of nitriles is 1. The topological polar surface area (TPSA) is 133 Å². The summed E-state index contributed by atoms with van der Waals surface area (Å²) in [5.41, 5.74) is 7.10. The highest BCUT2D eigenvalue weighted by molar-refractivity contribution is 6.36. The summed E-state index contributed by atoms with van der Waals surface area (Å²) in [6.07, 6.45) is 0. The number of halogens is 2. The second kappa shape index (κ2) is 12.4. The van der Waals surface area contributed by atoms with Gasteiger partial charge in [-0.25, -0.2) is 4.79 Å². The predicted molar refractivity (Wildman–Crippen MR) is 138 cm³/mol. The fourth-order valence-corrected chi connectivity index (χ4v) is 4.16. The predicted octanol–water partition coefficient (Wildman–Crippen LogP) is 5.05. The Hall–Kier alpha value is -3.87. The molecule has 1 atom stereocenters.